The minimum Gasteiger partial charge on any atom is -0.484 e. The van der Waals surface area contributed by atoms with Crippen molar-refractivity contribution in [2.45, 2.75) is 13.5 Å². The van der Waals surface area contributed by atoms with Crippen molar-refractivity contribution in [1.82, 2.24) is 25.5 Å². The molecule has 0 unspecified atom stereocenters. The van der Waals surface area contributed by atoms with E-state index in [0.29, 0.717) is 11.6 Å². The van der Waals surface area contributed by atoms with Crippen LogP contribution in [-0.4, -0.2) is 32.7 Å². The summed E-state index contributed by atoms with van der Waals surface area (Å²) < 4.78 is 7.05. The minimum absolute atomic E-state index is 0.0592. The maximum Gasteiger partial charge on any atom is 0.258 e. The van der Waals surface area contributed by atoms with E-state index in [9.17, 15) is 4.79 Å². The van der Waals surface area contributed by atoms with Crippen molar-refractivity contribution in [3.8, 4) is 11.4 Å². The van der Waals surface area contributed by atoms with Crippen LogP contribution in [0.2, 0.25) is 0 Å². The molecule has 0 aliphatic carbocycles. The number of benzene rings is 2. The molecule has 1 aromatic heterocycles. The topological polar surface area (TPSA) is 81.9 Å². The number of amides is 1. The molecule has 3 rings (SSSR count). The number of para-hydroxylation sites is 1. The Kier molecular flexibility index (Phi) is 4.81. The summed E-state index contributed by atoms with van der Waals surface area (Å²) in [5.41, 5.74) is 1.91. The van der Waals surface area contributed by atoms with E-state index >= 15 is 0 Å². The molecular weight excluding hydrogens is 306 g/mol. The molecule has 0 fully saturated rings. The van der Waals surface area contributed by atoms with Crippen LogP contribution >= 0.6 is 0 Å². The SMILES string of the molecule is Cc1cccc(OCC(=O)NCc2nnnn2-c2ccccc2)c1. The third-order valence-electron chi connectivity index (χ3n) is 3.34. The van der Waals surface area contributed by atoms with E-state index in [1.54, 1.807) is 4.68 Å². The van der Waals surface area contributed by atoms with Crippen LogP contribution in [-0.2, 0) is 11.3 Å². The van der Waals surface area contributed by atoms with Crippen molar-refractivity contribution in [3.63, 3.8) is 0 Å². The van der Waals surface area contributed by atoms with Crippen molar-refractivity contribution >= 4 is 5.91 Å². The zero-order chi connectivity index (χ0) is 16.8. The monoisotopic (exact) mass is 323 g/mol. The average Bonchev–Trinajstić information content (AvgIpc) is 3.07. The standard InChI is InChI=1S/C17H17N5O2/c1-13-6-5-9-15(10-13)24-12-17(23)18-11-16-19-20-21-22(16)14-7-3-2-4-8-14/h2-10H,11-12H2,1H3,(H,18,23). The number of hydrogen-bond donors (Lipinski definition) is 1. The zero-order valence-electron chi connectivity index (χ0n) is 13.2. The van der Waals surface area contributed by atoms with Gasteiger partial charge in [-0.25, -0.2) is 0 Å². The van der Waals surface area contributed by atoms with Gasteiger partial charge in [0, 0.05) is 0 Å². The normalized spacial score (nSPS) is 10.4. The predicted molar refractivity (Wildman–Crippen MR) is 87.7 cm³/mol. The second kappa shape index (κ2) is 7.36. The Labute approximate surface area is 139 Å². The summed E-state index contributed by atoms with van der Waals surface area (Å²) in [6, 6.07) is 17.0. The fourth-order valence-electron chi connectivity index (χ4n) is 2.17. The van der Waals surface area contributed by atoms with Crippen LogP contribution in [0.25, 0.3) is 5.69 Å². The number of aryl methyl sites for hydroxylation is 1. The second-order valence-electron chi connectivity index (χ2n) is 5.22. The molecule has 2 aromatic carbocycles. The van der Waals surface area contributed by atoms with Gasteiger partial charge in [-0.3, -0.25) is 4.79 Å². The van der Waals surface area contributed by atoms with E-state index in [4.69, 9.17) is 4.74 Å². The highest BCUT2D eigenvalue weighted by molar-refractivity contribution is 5.77. The summed E-state index contributed by atoms with van der Waals surface area (Å²) in [4.78, 5) is 11.9. The van der Waals surface area contributed by atoms with Gasteiger partial charge in [-0.1, -0.05) is 30.3 Å². The average molecular weight is 323 g/mol. The minimum atomic E-state index is -0.237. The van der Waals surface area contributed by atoms with Crippen molar-refractivity contribution < 1.29 is 9.53 Å². The smallest absolute Gasteiger partial charge is 0.258 e. The lowest BCUT2D eigenvalue weighted by molar-refractivity contribution is -0.123. The molecule has 1 heterocycles. The molecule has 0 radical (unpaired) electrons. The molecule has 0 spiro atoms. The Hall–Kier alpha value is -3.22. The van der Waals surface area contributed by atoms with Crippen molar-refractivity contribution in [2.24, 2.45) is 0 Å². The summed E-state index contributed by atoms with van der Waals surface area (Å²) >= 11 is 0. The molecule has 1 N–H and O–H groups in total. The van der Waals surface area contributed by atoms with Gasteiger partial charge < -0.3 is 10.1 Å². The lowest BCUT2D eigenvalue weighted by Crippen LogP contribution is -2.29. The molecular formula is C17H17N5O2. The number of carbonyl (C=O) groups is 1. The molecule has 0 bridgehead atoms. The van der Waals surface area contributed by atoms with Gasteiger partial charge in [0.05, 0.1) is 12.2 Å². The fraction of sp³-hybridized carbons (Fsp3) is 0.176. The Morgan fingerprint density at radius 3 is 2.79 bits per heavy atom. The third-order valence-corrected chi connectivity index (χ3v) is 3.34. The van der Waals surface area contributed by atoms with Gasteiger partial charge in [0.15, 0.2) is 12.4 Å². The van der Waals surface area contributed by atoms with Crippen LogP contribution in [0.1, 0.15) is 11.4 Å². The number of rotatable bonds is 6. The molecule has 1 amide bonds. The van der Waals surface area contributed by atoms with E-state index in [1.165, 1.54) is 0 Å². The lowest BCUT2D eigenvalue weighted by atomic mass is 10.2. The molecule has 0 saturated heterocycles. The first-order valence-corrected chi connectivity index (χ1v) is 7.51. The van der Waals surface area contributed by atoms with Crippen molar-refractivity contribution in [3.05, 3.63) is 66.0 Å². The van der Waals surface area contributed by atoms with Gasteiger partial charge in [-0.05, 0) is 47.2 Å². The molecule has 122 valence electrons. The summed E-state index contributed by atoms with van der Waals surface area (Å²) in [5, 5.41) is 14.3. The van der Waals surface area contributed by atoms with E-state index in [2.05, 4.69) is 20.8 Å². The van der Waals surface area contributed by atoms with E-state index < -0.39 is 0 Å². The van der Waals surface area contributed by atoms with Crippen LogP contribution in [0, 0.1) is 6.92 Å². The molecule has 3 aromatic rings. The fourth-order valence-corrected chi connectivity index (χ4v) is 2.17. The largest absolute Gasteiger partial charge is 0.484 e. The third kappa shape index (κ3) is 3.95. The van der Waals surface area contributed by atoms with Crippen molar-refractivity contribution in [1.29, 1.82) is 0 Å². The number of hydrogen-bond acceptors (Lipinski definition) is 5. The molecule has 0 aliphatic rings. The Morgan fingerprint density at radius 2 is 2.00 bits per heavy atom. The Morgan fingerprint density at radius 1 is 1.17 bits per heavy atom. The second-order valence-corrected chi connectivity index (χ2v) is 5.22. The van der Waals surface area contributed by atoms with Gasteiger partial charge in [0.25, 0.3) is 5.91 Å². The molecule has 0 atom stereocenters. The predicted octanol–water partition coefficient (Wildman–Crippen LogP) is 1.67. The highest BCUT2D eigenvalue weighted by atomic mass is 16.5. The van der Waals surface area contributed by atoms with E-state index in [-0.39, 0.29) is 19.1 Å². The van der Waals surface area contributed by atoms with Crippen LogP contribution in [0.5, 0.6) is 5.75 Å². The van der Waals surface area contributed by atoms with Crippen LogP contribution in [0.4, 0.5) is 0 Å². The highest BCUT2D eigenvalue weighted by Crippen LogP contribution is 2.12. The molecule has 0 saturated carbocycles. The maximum absolute atomic E-state index is 11.9. The zero-order valence-corrected chi connectivity index (χ0v) is 13.2. The van der Waals surface area contributed by atoms with E-state index in [0.717, 1.165) is 11.3 Å². The first-order chi connectivity index (χ1) is 11.7. The first-order valence-electron chi connectivity index (χ1n) is 7.51. The highest BCUT2D eigenvalue weighted by Gasteiger charge is 2.10. The van der Waals surface area contributed by atoms with Gasteiger partial charge in [0.1, 0.15) is 5.75 Å². The summed E-state index contributed by atoms with van der Waals surface area (Å²) in [6.45, 7) is 2.13. The van der Waals surface area contributed by atoms with Gasteiger partial charge in [-0.2, -0.15) is 4.68 Å². The Balaban J connectivity index is 1.55. The van der Waals surface area contributed by atoms with Crippen LogP contribution < -0.4 is 10.1 Å². The number of tetrazole rings is 1. The van der Waals surface area contributed by atoms with E-state index in [1.807, 2.05) is 61.5 Å². The number of nitrogens with one attached hydrogen (secondary N) is 1. The Bertz CT molecular complexity index is 817. The van der Waals surface area contributed by atoms with Crippen molar-refractivity contribution in [2.75, 3.05) is 6.61 Å². The summed E-state index contributed by atoms with van der Waals surface area (Å²) in [7, 11) is 0. The lowest BCUT2D eigenvalue weighted by Gasteiger charge is -2.08. The van der Waals surface area contributed by atoms with Gasteiger partial charge >= 0.3 is 0 Å². The summed E-state index contributed by atoms with van der Waals surface area (Å²) in [6.07, 6.45) is 0. The van der Waals surface area contributed by atoms with Gasteiger partial charge in [0.2, 0.25) is 0 Å². The number of nitrogens with zero attached hydrogens (tertiary/aromatic N) is 4. The van der Waals surface area contributed by atoms with Crippen LogP contribution in [0.15, 0.2) is 54.6 Å². The molecule has 7 nitrogen and oxygen atoms in total. The quantitative estimate of drug-likeness (QED) is 0.746. The first kappa shape index (κ1) is 15.7. The molecule has 24 heavy (non-hydrogen) atoms. The van der Waals surface area contributed by atoms with Crippen LogP contribution in [0.3, 0.4) is 0 Å². The van der Waals surface area contributed by atoms with Gasteiger partial charge in [-0.15, -0.1) is 5.10 Å². The maximum atomic E-state index is 11.9. The number of ether oxygens (including phenoxy) is 1. The molecule has 7 heteroatoms. The molecule has 0 aliphatic heterocycles. The number of aromatic nitrogens is 4. The number of carbonyl (C=O) groups excluding carboxylic acids is 1. The summed E-state index contributed by atoms with van der Waals surface area (Å²) in [5.74, 6) is 0.975.